The van der Waals surface area contributed by atoms with Crippen LogP contribution in [0.4, 0.5) is 0 Å². The van der Waals surface area contributed by atoms with Crippen LogP contribution in [-0.4, -0.2) is 24.2 Å². The highest BCUT2D eigenvalue weighted by Gasteiger charge is 2.37. The molecule has 0 radical (unpaired) electrons. The van der Waals surface area contributed by atoms with Gasteiger partial charge in [-0.3, -0.25) is 4.79 Å². The molecule has 1 heterocycles. The Morgan fingerprint density at radius 1 is 1.00 bits per heavy atom. The van der Waals surface area contributed by atoms with Gasteiger partial charge >= 0.3 is 5.97 Å². The second-order valence-corrected chi connectivity index (χ2v) is 6.24. The van der Waals surface area contributed by atoms with Crippen LogP contribution >= 0.6 is 0 Å². The monoisotopic (exact) mass is 325 g/mol. The molecular weight excluding hydrogens is 302 g/mol. The zero-order valence-electron chi connectivity index (χ0n) is 13.7. The van der Waals surface area contributed by atoms with Crippen molar-refractivity contribution in [3.05, 3.63) is 71.3 Å². The van der Waals surface area contributed by atoms with E-state index in [1.165, 1.54) is 0 Å². The number of piperidine rings is 1. The average Bonchev–Trinajstić information content (AvgIpc) is 2.64. The number of esters is 1. The fourth-order valence-electron chi connectivity index (χ4n) is 3.21. The molecule has 0 unspecified atom stereocenters. The number of hydrogen-bond donors (Lipinski definition) is 2. The lowest BCUT2D eigenvalue weighted by Crippen LogP contribution is -2.43. The van der Waals surface area contributed by atoms with Crippen LogP contribution in [0.15, 0.2) is 54.6 Å². The molecule has 0 saturated carbocycles. The van der Waals surface area contributed by atoms with E-state index in [2.05, 4.69) is 5.32 Å². The van der Waals surface area contributed by atoms with E-state index in [1.807, 2.05) is 54.6 Å². The lowest BCUT2D eigenvalue weighted by molar-refractivity contribution is -0.163. The van der Waals surface area contributed by atoms with Crippen LogP contribution in [0.5, 0.6) is 0 Å². The zero-order chi connectivity index (χ0) is 16.8. The third kappa shape index (κ3) is 3.83. The summed E-state index contributed by atoms with van der Waals surface area (Å²) in [5.74, 6) is -0.211. The van der Waals surface area contributed by atoms with Gasteiger partial charge in [-0.05, 0) is 29.8 Å². The second kappa shape index (κ2) is 7.60. The maximum absolute atomic E-state index is 12.5. The normalized spacial score (nSPS) is 16.5. The fourth-order valence-corrected chi connectivity index (χ4v) is 3.21. The summed E-state index contributed by atoms with van der Waals surface area (Å²) >= 11 is 0. The molecule has 24 heavy (non-hydrogen) atoms. The Labute approximate surface area is 142 Å². The number of rotatable bonds is 5. The predicted molar refractivity (Wildman–Crippen MR) is 92.4 cm³/mol. The van der Waals surface area contributed by atoms with Crippen molar-refractivity contribution in [2.45, 2.75) is 31.5 Å². The molecule has 2 aromatic carbocycles. The number of nitrogens with one attached hydrogen (secondary N) is 1. The second-order valence-electron chi connectivity index (χ2n) is 6.24. The van der Waals surface area contributed by atoms with Crippen LogP contribution in [0.3, 0.4) is 0 Å². The topological polar surface area (TPSA) is 58.6 Å². The summed E-state index contributed by atoms with van der Waals surface area (Å²) in [4.78, 5) is 12.5. The summed E-state index contributed by atoms with van der Waals surface area (Å²) in [5, 5.41) is 12.4. The van der Waals surface area contributed by atoms with Gasteiger partial charge in [-0.15, -0.1) is 0 Å². The van der Waals surface area contributed by atoms with E-state index in [1.54, 1.807) is 0 Å². The van der Waals surface area contributed by atoms with Crippen molar-refractivity contribution in [1.29, 1.82) is 0 Å². The molecule has 126 valence electrons. The Hall–Kier alpha value is -2.17. The van der Waals surface area contributed by atoms with E-state index < -0.39 is 5.60 Å². The zero-order valence-corrected chi connectivity index (χ0v) is 13.7. The smallest absolute Gasteiger partial charge is 0.311 e. The SMILES string of the molecule is O=C(Cc1ccc(CO)cc1)OC1(c2ccccc2)CCNCC1. The number of aliphatic hydroxyl groups is 1. The molecule has 1 aliphatic heterocycles. The molecule has 0 bridgehead atoms. The van der Waals surface area contributed by atoms with Crippen LogP contribution < -0.4 is 5.32 Å². The Balaban J connectivity index is 1.73. The summed E-state index contributed by atoms with van der Waals surface area (Å²) in [6.45, 7) is 1.69. The molecular formula is C20H23NO3. The summed E-state index contributed by atoms with van der Waals surface area (Å²) in [6, 6.07) is 17.4. The van der Waals surface area contributed by atoms with Crippen LogP contribution in [0, 0.1) is 0 Å². The Morgan fingerprint density at radius 2 is 1.62 bits per heavy atom. The highest BCUT2D eigenvalue weighted by molar-refractivity contribution is 5.73. The standard InChI is InChI=1S/C20H23NO3/c22-15-17-8-6-16(7-9-17)14-19(23)24-20(10-12-21-13-11-20)18-4-2-1-3-5-18/h1-9,21-22H,10-15H2. The quantitative estimate of drug-likeness (QED) is 0.830. The van der Waals surface area contributed by atoms with E-state index in [-0.39, 0.29) is 19.0 Å². The summed E-state index contributed by atoms with van der Waals surface area (Å²) < 4.78 is 6.00. The molecule has 0 atom stereocenters. The van der Waals surface area contributed by atoms with Gasteiger partial charge in [0.25, 0.3) is 0 Å². The number of hydrogen-bond acceptors (Lipinski definition) is 4. The average molecular weight is 325 g/mol. The first-order valence-corrected chi connectivity index (χ1v) is 8.39. The van der Waals surface area contributed by atoms with Crippen molar-refractivity contribution in [2.24, 2.45) is 0 Å². The number of carbonyl (C=O) groups is 1. The van der Waals surface area contributed by atoms with Crippen molar-refractivity contribution in [2.75, 3.05) is 13.1 Å². The first-order chi connectivity index (χ1) is 11.7. The molecule has 0 spiro atoms. The summed E-state index contributed by atoms with van der Waals surface area (Å²) in [7, 11) is 0. The molecule has 2 aromatic rings. The molecule has 4 nitrogen and oxygen atoms in total. The van der Waals surface area contributed by atoms with E-state index in [0.29, 0.717) is 0 Å². The number of benzene rings is 2. The summed E-state index contributed by atoms with van der Waals surface area (Å²) in [5.41, 5.74) is 2.27. The van der Waals surface area contributed by atoms with Crippen molar-refractivity contribution >= 4 is 5.97 Å². The minimum Gasteiger partial charge on any atom is -0.454 e. The van der Waals surface area contributed by atoms with Crippen molar-refractivity contribution in [3.63, 3.8) is 0 Å². The third-order valence-electron chi connectivity index (χ3n) is 4.57. The minimum absolute atomic E-state index is 0.00877. The van der Waals surface area contributed by atoms with Gasteiger partial charge in [0, 0.05) is 12.8 Å². The molecule has 3 rings (SSSR count). The van der Waals surface area contributed by atoms with Crippen LogP contribution in [-0.2, 0) is 28.2 Å². The maximum atomic E-state index is 12.5. The molecule has 0 aromatic heterocycles. The molecule has 1 saturated heterocycles. The first kappa shape index (κ1) is 16.7. The van der Waals surface area contributed by atoms with Gasteiger partial charge in [-0.25, -0.2) is 0 Å². The van der Waals surface area contributed by atoms with Crippen LogP contribution in [0.25, 0.3) is 0 Å². The van der Waals surface area contributed by atoms with Gasteiger partial charge in [0.1, 0.15) is 5.60 Å². The summed E-state index contributed by atoms with van der Waals surface area (Å²) in [6.07, 6.45) is 1.81. The van der Waals surface area contributed by atoms with Gasteiger partial charge in [0.2, 0.25) is 0 Å². The van der Waals surface area contributed by atoms with Gasteiger partial charge in [-0.1, -0.05) is 54.6 Å². The molecule has 0 amide bonds. The lowest BCUT2D eigenvalue weighted by Gasteiger charge is -2.37. The number of carbonyl (C=O) groups excluding carboxylic acids is 1. The molecule has 0 aliphatic carbocycles. The predicted octanol–water partition coefficient (Wildman–Crippen LogP) is 2.54. The highest BCUT2D eigenvalue weighted by Crippen LogP contribution is 2.35. The molecule has 1 aliphatic rings. The van der Waals surface area contributed by atoms with Gasteiger partial charge in [0.15, 0.2) is 0 Å². The van der Waals surface area contributed by atoms with Crippen molar-refractivity contribution in [3.8, 4) is 0 Å². The van der Waals surface area contributed by atoms with Crippen molar-refractivity contribution in [1.82, 2.24) is 5.32 Å². The molecule has 2 N–H and O–H groups in total. The number of aliphatic hydroxyl groups excluding tert-OH is 1. The largest absolute Gasteiger partial charge is 0.454 e. The van der Waals surface area contributed by atoms with Gasteiger partial charge in [0.05, 0.1) is 13.0 Å². The first-order valence-electron chi connectivity index (χ1n) is 8.39. The third-order valence-corrected chi connectivity index (χ3v) is 4.57. The Kier molecular flexibility index (Phi) is 5.28. The number of ether oxygens (including phenoxy) is 1. The van der Waals surface area contributed by atoms with E-state index in [9.17, 15) is 4.79 Å². The van der Waals surface area contributed by atoms with Crippen LogP contribution in [0.2, 0.25) is 0 Å². The Morgan fingerprint density at radius 3 is 2.25 bits per heavy atom. The van der Waals surface area contributed by atoms with E-state index in [0.717, 1.165) is 42.6 Å². The van der Waals surface area contributed by atoms with Crippen molar-refractivity contribution < 1.29 is 14.6 Å². The van der Waals surface area contributed by atoms with Gasteiger partial charge in [-0.2, -0.15) is 0 Å². The lowest BCUT2D eigenvalue weighted by atomic mass is 9.84. The highest BCUT2D eigenvalue weighted by atomic mass is 16.6. The Bertz CT molecular complexity index is 661. The molecule has 1 fully saturated rings. The maximum Gasteiger partial charge on any atom is 0.311 e. The fraction of sp³-hybridized carbons (Fsp3) is 0.350. The molecule has 4 heteroatoms. The van der Waals surface area contributed by atoms with Gasteiger partial charge < -0.3 is 15.2 Å². The van der Waals surface area contributed by atoms with E-state index >= 15 is 0 Å². The van der Waals surface area contributed by atoms with E-state index in [4.69, 9.17) is 9.84 Å². The minimum atomic E-state index is -0.533. The van der Waals surface area contributed by atoms with Crippen LogP contribution in [0.1, 0.15) is 29.5 Å².